The minimum atomic E-state index is -3.49. The number of sulfonamides is 1. The minimum absolute atomic E-state index is 0.181. The first-order valence-electron chi connectivity index (χ1n) is 5.69. The van der Waals surface area contributed by atoms with Crippen LogP contribution in [0.5, 0.6) is 0 Å². The summed E-state index contributed by atoms with van der Waals surface area (Å²) >= 11 is 0. The molecule has 0 heterocycles. The standard InChI is InChI=1S/C12H19NO4S/c1-10-3-5-12(6-4-10)18(15,16)13-8-7-11(14)9-17-2/h3-6,11,13-14H,7-9H2,1-2H3. The summed E-state index contributed by atoms with van der Waals surface area (Å²) < 4.78 is 30.9. The largest absolute Gasteiger partial charge is 0.391 e. The number of hydrogen-bond donors (Lipinski definition) is 2. The van der Waals surface area contributed by atoms with Gasteiger partial charge in [-0.25, -0.2) is 13.1 Å². The molecule has 0 aliphatic rings. The number of rotatable bonds is 7. The fourth-order valence-corrected chi connectivity index (χ4v) is 2.48. The van der Waals surface area contributed by atoms with Crippen LogP contribution in [0.4, 0.5) is 0 Å². The van der Waals surface area contributed by atoms with Gasteiger partial charge in [0, 0.05) is 13.7 Å². The maximum absolute atomic E-state index is 11.9. The van der Waals surface area contributed by atoms with Crippen molar-refractivity contribution in [3.05, 3.63) is 29.8 Å². The first kappa shape index (κ1) is 15.1. The Hall–Kier alpha value is -0.950. The van der Waals surface area contributed by atoms with E-state index < -0.39 is 16.1 Å². The number of benzene rings is 1. The Bertz CT molecular complexity index is 455. The number of aliphatic hydroxyl groups excluding tert-OH is 1. The van der Waals surface area contributed by atoms with Crippen LogP contribution in [-0.2, 0) is 14.8 Å². The van der Waals surface area contributed by atoms with Gasteiger partial charge in [-0.1, -0.05) is 17.7 Å². The molecule has 0 aliphatic heterocycles. The molecule has 1 aromatic carbocycles. The summed E-state index contributed by atoms with van der Waals surface area (Å²) in [5, 5.41) is 9.39. The summed E-state index contributed by atoms with van der Waals surface area (Å²) in [6, 6.07) is 6.61. The summed E-state index contributed by atoms with van der Waals surface area (Å²) in [7, 11) is -2.00. The zero-order valence-electron chi connectivity index (χ0n) is 10.6. The smallest absolute Gasteiger partial charge is 0.240 e. The molecule has 0 radical (unpaired) electrons. The van der Waals surface area contributed by atoms with Crippen LogP contribution in [0.1, 0.15) is 12.0 Å². The normalized spacial score (nSPS) is 13.5. The third-order valence-electron chi connectivity index (χ3n) is 2.46. The molecule has 0 aliphatic carbocycles. The molecule has 0 bridgehead atoms. The second kappa shape index (κ2) is 6.84. The predicted molar refractivity (Wildman–Crippen MR) is 68.9 cm³/mol. The fourth-order valence-electron chi connectivity index (χ4n) is 1.44. The molecule has 6 heteroatoms. The van der Waals surface area contributed by atoms with Crippen molar-refractivity contribution in [2.75, 3.05) is 20.3 Å². The monoisotopic (exact) mass is 273 g/mol. The zero-order valence-corrected chi connectivity index (χ0v) is 11.4. The summed E-state index contributed by atoms with van der Waals surface area (Å²) in [6.07, 6.45) is -0.338. The van der Waals surface area contributed by atoms with Crippen molar-refractivity contribution in [2.24, 2.45) is 0 Å². The molecule has 0 fully saturated rings. The molecule has 0 saturated carbocycles. The van der Waals surface area contributed by atoms with Crippen LogP contribution in [-0.4, -0.2) is 39.9 Å². The minimum Gasteiger partial charge on any atom is -0.391 e. The molecule has 0 saturated heterocycles. The highest BCUT2D eigenvalue weighted by atomic mass is 32.2. The van der Waals surface area contributed by atoms with Crippen LogP contribution in [0.15, 0.2) is 29.2 Å². The van der Waals surface area contributed by atoms with Gasteiger partial charge in [0.1, 0.15) is 0 Å². The molecular formula is C12H19NO4S. The molecular weight excluding hydrogens is 254 g/mol. The second-order valence-electron chi connectivity index (χ2n) is 4.11. The van der Waals surface area contributed by atoms with Gasteiger partial charge in [-0.05, 0) is 25.5 Å². The Labute approximate surface area is 108 Å². The lowest BCUT2D eigenvalue weighted by molar-refractivity contribution is 0.0603. The molecule has 102 valence electrons. The van der Waals surface area contributed by atoms with Crippen LogP contribution >= 0.6 is 0 Å². The molecule has 0 aromatic heterocycles. The average Bonchev–Trinajstić information content (AvgIpc) is 2.29. The first-order chi connectivity index (χ1) is 8.45. The van der Waals surface area contributed by atoms with Crippen molar-refractivity contribution in [3.8, 4) is 0 Å². The number of aliphatic hydroxyl groups is 1. The van der Waals surface area contributed by atoms with Gasteiger partial charge in [-0.3, -0.25) is 0 Å². The Kier molecular flexibility index (Phi) is 5.74. The predicted octanol–water partition coefficient (Wildman–Crippen LogP) is 0.671. The lowest BCUT2D eigenvalue weighted by Crippen LogP contribution is -2.28. The van der Waals surface area contributed by atoms with Gasteiger partial charge in [0.15, 0.2) is 0 Å². The SMILES string of the molecule is COCC(O)CCNS(=O)(=O)c1ccc(C)cc1. The van der Waals surface area contributed by atoms with Gasteiger partial charge in [0.25, 0.3) is 0 Å². The Balaban J connectivity index is 2.52. The summed E-state index contributed by atoms with van der Waals surface area (Å²) in [6.45, 7) is 2.28. The van der Waals surface area contributed by atoms with E-state index in [9.17, 15) is 13.5 Å². The number of nitrogens with one attached hydrogen (secondary N) is 1. The Morgan fingerprint density at radius 1 is 1.33 bits per heavy atom. The van der Waals surface area contributed by atoms with Crippen LogP contribution in [0, 0.1) is 6.92 Å². The van der Waals surface area contributed by atoms with Crippen molar-refractivity contribution in [1.82, 2.24) is 4.72 Å². The first-order valence-corrected chi connectivity index (χ1v) is 7.17. The van der Waals surface area contributed by atoms with E-state index >= 15 is 0 Å². The zero-order chi connectivity index (χ0) is 13.6. The average molecular weight is 273 g/mol. The van der Waals surface area contributed by atoms with E-state index in [0.717, 1.165) is 5.56 Å². The summed E-state index contributed by atoms with van der Waals surface area (Å²) in [4.78, 5) is 0.231. The van der Waals surface area contributed by atoms with Gasteiger partial charge in [-0.15, -0.1) is 0 Å². The van der Waals surface area contributed by atoms with Crippen molar-refractivity contribution >= 4 is 10.0 Å². The van der Waals surface area contributed by atoms with E-state index in [1.807, 2.05) is 6.92 Å². The van der Waals surface area contributed by atoms with Gasteiger partial charge in [0.2, 0.25) is 10.0 Å². The molecule has 5 nitrogen and oxygen atoms in total. The third-order valence-corrected chi connectivity index (χ3v) is 3.94. The number of ether oxygens (including phenoxy) is 1. The van der Waals surface area contributed by atoms with Crippen molar-refractivity contribution in [1.29, 1.82) is 0 Å². The van der Waals surface area contributed by atoms with Crippen LogP contribution in [0.3, 0.4) is 0 Å². The molecule has 1 aromatic rings. The topological polar surface area (TPSA) is 75.6 Å². The maximum atomic E-state index is 11.9. The highest BCUT2D eigenvalue weighted by molar-refractivity contribution is 7.89. The Morgan fingerprint density at radius 2 is 1.94 bits per heavy atom. The van der Waals surface area contributed by atoms with E-state index in [2.05, 4.69) is 4.72 Å². The quantitative estimate of drug-likeness (QED) is 0.765. The second-order valence-corrected chi connectivity index (χ2v) is 5.88. The fraction of sp³-hybridized carbons (Fsp3) is 0.500. The van der Waals surface area contributed by atoms with Gasteiger partial charge in [0.05, 0.1) is 17.6 Å². The van der Waals surface area contributed by atoms with E-state index in [1.54, 1.807) is 24.3 Å². The maximum Gasteiger partial charge on any atom is 0.240 e. The van der Waals surface area contributed by atoms with E-state index in [4.69, 9.17) is 4.74 Å². The molecule has 2 N–H and O–H groups in total. The summed E-state index contributed by atoms with van der Waals surface area (Å²) in [5.41, 5.74) is 1.00. The number of methoxy groups -OCH3 is 1. The van der Waals surface area contributed by atoms with Gasteiger partial charge >= 0.3 is 0 Å². The van der Waals surface area contributed by atoms with Crippen molar-refractivity contribution < 1.29 is 18.3 Å². The van der Waals surface area contributed by atoms with E-state index in [0.29, 0.717) is 6.42 Å². The number of aryl methyl sites for hydroxylation is 1. The van der Waals surface area contributed by atoms with Crippen LogP contribution < -0.4 is 4.72 Å². The number of hydrogen-bond acceptors (Lipinski definition) is 4. The van der Waals surface area contributed by atoms with Crippen LogP contribution in [0.2, 0.25) is 0 Å². The molecule has 0 spiro atoms. The lowest BCUT2D eigenvalue weighted by Gasteiger charge is -2.10. The molecule has 1 rings (SSSR count). The van der Waals surface area contributed by atoms with Gasteiger partial charge in [-0.2, -0.15) is 0 Å². The van der Waals surface area contributed by atoms with E-state index in [-0.39, 0.29) is 18.0 Å². The van der Waals surface area contributed by atoms with Gasteiger partial charge < -0.3 is 9.84 Å². The third kappa shape index (κ3) is 4.73. The highest BCUT2D eigenvalue weighted by Crippen LogP contribution is 2.09. The van der Waals surface area contributed by atoms with Crippen molar-refractivity contribution in [2.45, 2.75) is 24.3 Å². The molecule has 1 atom stereocenters. The highest BCUT2D eigenvalue weighted by Gasteiger charge is 2.13. The summed E-state index contributed by atoms with van der Waals surface area (Å²) in [5.74, 6) is 0. The van der Waals surface area contributed by atoms with Crippen molar-refractivity contribution in [3.63, 3.8) is 0 Å². The Morgan fingerprint density at radius 3 is 2.50 bits per heavy atom. The van der Waals surface area contributed by atoms with E-state index in [1.165, 1.54) is 7.11 Å². The lowest BCUT2D eigenvalue weighted by atomic mass is 10.2. The molecule has 1 unspecified atom stereocenters. The molecule has 18 heavy (non-hydrogen) atoms. The molecule has 0 amide bonds. The van der Waals surface area contributed by atoms with Crippen LogP contribution in [0.25, 0.3) is 0 Å².